The SMILES string of the molecule is CCC(=O)O[C@@H]1C=C2CCC3C(CCC4(C)C3CC[C@@H]4OC(=O)CC)C2CC1. The Morgan fingerprint density at radius 1 is 0.964 bits per heavy atom. The molecule has 5 unspecified atom stereocenters. The second kappa shape index (κ2) is 7.84. The molecule has 0 aliphatic heterocycles. The van der Waals surface area contributed by atoms with E-state index < -0.39 is 0 Å². The number of hydrogen-bond donors (Lipinski definition) is 0. The molecule has 0 aromatic rings. The summed E-state index contributed by atoms with van der Waals surface area (Å²) in [6.07, 6.45) is 12.5. The standard InChI is InChI=1S/C24H36O4/c1-4-22(25)27-16-7-9-17-15(14-16)6-8-19-18(17)12-13-24(3)20(19)10-11-21(24)28-23(26)5-2/h14,16-21H,4-13H2,1-3H3/t16-,17?,18?,19?,20?,21-,24?/m0/s1. The van der Waals surface area contributed by atoms with Gasteiger partial charge in [0.25, 0.3) is 0 Å². The van der Waals surface area contributed by atoms with E-state index in [1.165, 1.54) is 25.7 Å². The van der Waals surface area contributed by atoms with Crippen molar-refractivity contribution >= 4 is 11.9 Å². The van der Waals surface area contributed by atoms with Crippen molar-refractivity contribution in [1.82, 2.24) is 0 Å². The van der Waals surface area contributed by atoms with Gasteiger partial charge in [-0.05, 0) is 81.1 Å². The van der Waals surface area contributed by atoms with Crippen LogP contribution in [0.2, 0.25) is 0 Å². The van der Waals surface area contributed by atoms with Crippen LogP contribution in [0.3, 0.4) is 0 Å². The molecule has 3 saturated carbocycles. The first-order chi connectivity index (χ1) is 13.5. The molecule has 7 atom stereocenters. The maximum absolute atomic E-state index is 11.9. The Bertz CT molecular complexity index is 653. The van der Waals surface area contributed by atoms with Crippen molar-refractivity contribution in [3.63, 3.8) is 0 Å². The van der Waals surface area contributed by atoms with E-state index in [0.717, 1.165) is 37.5 Å². The molecular formula is C24H36O4. The molecule has 4 aliphatic carbocycles. The molecule has 3 fully saturated rings. The number of ether oxygens (including phenoxy) is 2. The fraction of sp³-hybridized carbons (Fsp3) is 0.833. The Balaban J connectivity index is 1.47. The summed E-state index contributed by atoms with van der Waals surface area (Å²) in [7, 11) is 0. The first kappa shape index (κ1) is 20.0. The molecule has 0 amide bonds. The maximum atomic E-state index is 11.9. The molecule has 0 aromatic carbocycles. The van der Waals surface area contributed by atoms with E-state index in [9.17, 15) is 9.59 Å². The van der Waals surface area contributed by atoms with E-state index in [1.807, 2.05) is 13.8 Å². The number of carbonyl (C=O) groups is 2. The first-order valence-electron chi connectivity index (χ1n) is 11.6. The molecule has 4 rings (SSSR count). The third-order valence-electron chi connectivity index (χ3n) is 8.46. The normalized spacial score (nSPS) is 41.9. The van der Waals surface area contributed by atoms with Gasteiger partial charge in [-0.3, -0.25) is 9.59 Å². The highest BCUT2D eigenvalue weighted by Gasteiger charge is 2.57. The van der Waals surface area contributed by atoms with Crippen LogP contribution in [0.4, 0.5) is 0 Å². The third-order valence-corrected chi connectivity index (χ3v) is 8.46. The number of allylic oxidation sites excluding steroid dienone is 1. The Hall–Kier alpha value is -1.32. The molecular weight excluding hydrogens is 352 g/mol. The minimum Gasteiger partial charge on any atom is -0.462 e. The van der Waals surface area contributed by atoms with Crippen LogP contribution in [0.25, 0.3) is 0 Å². The van der Waals surface area contributed by atoms with Crippen LogP contribution in [0.5, 0.6) is 0 Å². The Morgan fingerprint density at radius 3 is 2.46 bits per heavy atom. The minimum absolute atomic E-state index is 0.00609. The van der Waals surface area contributed by atoms with Gasteiger partial charge in [-0.15, -0.1) is 0 Å². The van der Waals surface area contributed by atoms with E-state index in [4.69, 9.17) is 9.47 Å². The number of hydrogen-bond acceptors (Lipinski definition) is 4. The lowest BCUT2D eigenvalue weighted by Gasteiger charge is -2.53. The summed E-state index contributed by atoms with van der Waals surface area (Å²) in [5.41, 5.74) is 1.72. The predicted octanol–water partition coefficient (Wildman–Crippen LogP) is 5.20. The van der Waals surface area contributed by atoms with Gasteiger partial charge in [0, 0.05) is 18.3 Å². The summed E-state index contributed by atoms with van der Waals surface area (Å²) >= 11 is 0. The number of rotatable bonds is 4. The van der Waals surface area contributed by atoms with E-state index in [1.54, 1.807) is 5.57 Å². The van der Waals surface area contributed by atoms with Gasteiger partial charge in [0.2, 0.25) is 0 Å². The molecule has 0 saturated heterocycles. The predicted molar refractivity (Wildman–Crippen MR) is 107 cm³/mol. The lowest BCUT2D eigenvalue weighted by Crippen LogP contribution is -2.48. The van der Waals surface area contributed by atoms with Crippen LogP contribution in [-0.2, 0) is 19.1 Å². The van der Waals surface area contributed by atoms with Crippen LogP contribution < -0.4 is 0 Å². The first-order valence-corrected chi connectivity index (χ1v) is 11.6. The van der Waals surface area contributed by atoms with Crippen molar-refractivity contribution in [3.8, 4) is 0 Å². The molecule has 4 nitrogen and oxygen atoms in total. The average Bonchev–Trinajstić information content (AvgIpc) is 3.03. The van der Waals surface area contributed by atoms with Crippen molar-refractivity contribution in [3.05, 3.63) is 11.6 Å². The molecule has 0 heterocycles. The van der Waals surface area contributed by atoms with E-state index >= 15 is 0 Å². The van der Waals surface area contributed by atoms with Crippen LogP contribution in [-0.4, -0.2) is 24.1 Å². The molecule has 4 aliphatic rings. The number of carbonyl (C=O) groups excluding carboxylic acids is 2. The summed E-state index contributed by atoms with van der Waals surface area (Å²) in [6.45, 7) is 6.13. The number of esters is 2. The third kappa shape index (κ3) is 3.41. The van der Waals surface area contributed by atoms with E-state index in [0.29, 0.717) is 24.7 Å². The zero-order valence-corrected chi connectivity index (χ0v) is 17.7. The fourth-order valence-electron chi connectivity index (χ4n) is 7.03. The highest BCUT2D eigenvalue weighted by Crippen LogP contribution is 2.62. The largest absolute Gasteiger partial charge is 0.462 e. The van der Waals surface area contributed by atoms with Crippen molar-refractivity contribution in [1.29, 1.82) is 0 Å². The van der Waals surface area contributed by atoms with Crippen LogP contribution in [0.15, 0.2) is 11.6 Å². The fourth-order valence-corrected chi connectivity index (χ4v) is 7.03. The topological polar surface area (TPSA) is 52.6 Å². The molecule has 0 N–H and O–H groups in total. The van der Waals surface area contributed by atoms with Gasteiger partial charge in [-0.25, -0.2) is 0 Å². The average molecular weight is 389 g/mol. The minimum atomic E-state index is -0.0824. The Morgan fingerprint density at radius 2 is 1.71 bits per heavy atom. The van der Waals surface area contributed by atoms with Crippen LogP contribution in [0.1, 0.15) is 85.0 Å². The maximum Gasteiger partial charge on any atom is 0.306 e. The summed E-state index contributed by atoms with van der Waals surface area (Å²) in [5, 5.41) is 0. The molecule has 156 valence electrons. The number of fused-ring (bicyclic) bond motifs is 5. The van der Waals surface area contributed by atoms with Gasteiger partial charge in [-0.1, -0.05) is 26.3 Å². The quantitative estimate of drug-likeness (QED) is 0.490. The monoisotopic (exact) mass is 388 g/mol. The zero-order valence-electron chi connectivity index (χ0n) is 17.7. The van der Waals surface area contributed by atoms with Gasteiger partial charge < -0.3 is 9.47 Å². The molecule has 28 heavy (non-hydrogen) atoms. The van der Waals surface area contributed by atoms with Crippen molar-refractivity contribution in [2.75, 3.05) is 0 Å². The zero-order chi connectivity index (χ0) is 19.9. The lowest BCUT2D eigenvalue weighted by molar-refractivity contribution is -0.158. The summed E-state index contributed by atoms with van der Waals surface area (Å²) in [4.78, 5) is 23.6. The van der Waals surface area contributed by atoms with Crippen molar-refractivity contribution < 1.29 is 19.1 Å². The second-order valence-corrected chi connectivity index (χ2v) is 9.73. The van der Waals surface area contributed by atoms with Gasteiger partial charge in [0.05, 0.1) is 0 Å². The van der Waals surface area contributed by atoms with E-state index in [-0.39, 0.29) is 29.6 Å². The van der Waals surface area contributed by atoms with E-state index in [2.05, 4.69) is 13.0 Å². The highest BCUT2D eigenvalue weighted by atomic mass is 16.5. The molecule has 4 heteroatoms. The van der Waals surface area contributed by atoms with Crippen LogP contribution >= 0.6 is 0 Å². The summed E-state index contributed by atoms with van der Waals surface area (Å²) in [5.74, 6) is 2.78. The molecule has 0 aromatic heterocycles. The lowest BCUT2D eigenvalue weighted by atomic mass is 9.52. The molecule has 0 radical (unpaired) electrons. The summed E-state index contributed by atoms with van der Waals surface area (Å²) < 4.78 is 11.5. The van der Waals surface area contributed by atoms with Gasteiger partial charge in [-0.2, -0.15) is 0 Å². The second-order valence-electron chi connectivity index (χ2n) is 9.73. The molecule has 0 spiro atoms. The van der Waals surface area contributed by atoms with Crippen LogP contribution in [0, 0.1) is 29.1 Å². The smallest absolute Gasteiger partial charge is 0.306 e. The highest BCUT2D eigenvalue weighted by molar-refractivity contribution is 5.69. The Kier molecular flexibility index (Phi) is 5.59. The molecule has 0 bridgehead atoms. The summed E-state index contributed by atoms with van der Waals surface area (Å²) in [6, 6.07) is 0. The van der Waals surface area contributed by atoms with Crippen molar-refractivity contribution in [2.24, 2.45) is 29.1 Å². The Labute approximate surface area is 169 Å². The van der Waals surface area contributed by atoms with Crippen molar-refractivity contribution in [2.45, 2.75) is 97.2 Å². The van der Waals surface area contributed by atoms with Gasteiger partial charge in [0.1, 0.15) is 12.2 Å². The van der Waals surface area contributed by atoms with Gasteiger partial charge >= 0.3 is 11.9 Å². The van der Waals surface area contributed by atoms with Gasteiger partial charge in [0.15, 0.2) is 0 Å².